The number of rotatable bonds is 0. The van der Waals surface area contributed by atoms with Gasteiger partial charge in [0.25, 0.3) is 0 Å². The van der Waals surface area contributed by atoms with Crippen LogP contribution in [0, 0.1) is 21.8 Å². The fraction of sp³-hybridized carbons (Fsp3) is 0.250. The van der Waals surface area contributed by atoms with Crippen molar-refractivity contribution in [1.29, 1.82) is 0 Å². The van der Waals surface area contributed by atoms with E-state index in [-0.39, 0.29) is 64.4 Å². The standard InChI is InChI=1S/C2H5.2CH3.H2N.2Ti/c1-2;;;;;/h1H2,2H3;2*1H3;1H2;;/q4*-1;;+4. The summed E-state index contributed by atoms with van der Waals surface area (Å²) in [5.74, 6) is 0. The SMILES string of the molecule is [CH2-]C.[CH3-].[CH3-].[NH2-].[Ti+4].[Ti]. The second kappa shape index (κ2) is 156. The van der Waals surface area contributed by atoms with Gasteiger partial charge < -0.3 is 27.9 Å². The molecule has 0 fully saturated rings. The number of hydrogen-bond acceptors (Lipinski definition) is 0. The molecule has 0 aliphatic carbocycles. The molecule has 0 spiro atoms. The molecule has 7 heavy (non-hydrogen) atoms. The predicted molar refractivity (Wildman–Crippen MR) is 29.1 cm³/mol. The Bertz CT molecular complexity index is 9.65. The Morgan fingerprint density at radius 2 is 1.00 bits per heavy atom. The van der Waals surface area contributed by atoms with Gasteiger partial charge in [-0.3, -0.25) is 0 Å². The van der Waals surface area contributed by atoms with Crippen molar-refractivity contribution >= 4 is 0 Å². The molecular formula is C4H13NTi2. The van der Waals surface area contributed by atoms with Crippen LogP contribution in [0.4, 0.5) is 0 Å². The summed E-state index contributed by atoms with van der Waals surface area (Å²) in [5.41, 5.74) is 0. The maximum Gasteiger partial charge on any atom is 4.00 e. The van der Waals surface area contributed by atoms with Crippen molar-refractivity contribution in [2.45, 2.75) is 6.92 Å². The first-order chi connectivity index (χ1) is 1.00. The van der Waals surface area contributed by atoms with Crippen LogP contribution in [-0.4, -0.2) is 0 Å². The molecule has 0 atom stereocenters. The summed E-state index contributed by atoms with van der Waals surface area (Å²) in [6.45, 7) is 5.00. The molecule has 0 aromatic heterocycles. The molecule has 0 aliphatic heterocycles. The van der Waals surface area contributed by atoms with Gasteiger partial charge >= 0.3 is 21.7 Å². The van der Waals surface area contributed by atoms with Gasteiger partial charge in [0.05, 0.1) is 0 Å². The van der Waals surface area contributed by atoms with Gasteiger partial charge in [-0.05, 0) is 0 Å². The Morgan fingerprint density at radius 3 is 1.00 bits per heavy atom. The molecule has 1 nitrogen and oxygen atoms in total. The fourth-order valence-corrected chi connectivity index (χ4v) is 0. The molecule has 0 heterocycles. The second-order valence-electron chi connectivity index (χ2n) is 0. The van der Waals surface area contributed by atoms with E-state index in [0.717, 1.165) is 0 Å². The Labute approximate surface area is 78.0 Å². The maximum absolute atomic E-state index is 3.25. The third-order valence-corrected chi connectivity index (χ3v) is 0. The zero-order chi connectivity index (χ0) is 2.00. The van der Waals surface area contributed by atoms with Crippen LogP contribution in [0.15, 0.2) is 0 Å². The maximum atomic E-state index is 3.25. The van der Waals surface area contributed by atoms with E-state index in [2.05, 4.69) is 6.92 Å². The number of nitrogens with two attached hydrogens (primary N) is 1. The predicted octanol–water partition coefficient (Wildman–Crippen LogP) is 2.45. The summed E-state index contributed by atoms with van der Waals surface area (Å²) in [5, 5.41) is 0. The van der Waals surface area contributed by atoms with Crippen LogP contribution >= 0.6 is 0 Å². The molecule has 0 amide bonds. The van der Waals surface area contributed by atoms with Crippen LogP contribution in [-0.2, 0) is 43.4 Å². The summed E-state index contributed by atoms with van der Waals surface area (Å²) in [4.78, 5) is 0. The smallest absolute Gasteiger partial charge is 0.693 e. The normalized spacial score (nSPS) is 0.857. The molecule has 3 heteroatoms. The third kappa shape index (κ3) is 111. The zero-order valence-corrected chi connectivity index (χ0v) is 8.41. The monoisotopic (exact) mass is 171 g/mol. The largest absolute Gasteiger partial charge is 4.00 e. The van der Waals surface area contributed by atoms with E-state index in [1.54, 1.807) is 6.92 Å². The molecule has 0 saturated carbocycles. The van der Waals surface area contributed by atoms with E-state index in [0.29, 0.717) is 0 Å². The first kappa shape index (κ1) is 80.3. The minimum Gasteiger partial charge on any atom is -0.693 e. The summed E-state index contributed by atoms with van der Waals surface area (Å²) in [6.07, 6.45) is 0. The zero-order valence-electron chi connectivity index (χ0n) is 5.28. The van der Waals surface area contributed by atoms with Gasteiger partial charge in [0.2, 0.25) is 0 Å². The molecule has 0 saturated heterocycles. The molecule has 42 valence electrons. The van der Waals surface area contributed by atoms with Crippen molar-refractivity contribution < 1.29 is 43.4 Å². The molecule has 0 bridgehead atoms. The van der Waals surface area contributed by atoms with Crippen LogP contribution in [0.5, 0.6) is 0 Å². The Hall–Kier alpha value is 1.39. The van der Waals surface area contributed by atoms with Crippen LogP contribution in [0.2, 0.25) is 0 Å². The van der Waals surface area contributed by atoms with Crippen LogP contribution in [0.3, 0.4) is 0 Å². The summed E-state index contributed by atoms with van der Waals surface area (Å²) >= 11 is 0. The summed E-state index contributed by atoms with van der Waals surface area (Å²) in [6, 6.07) is 0. The second-order valence-corrected chi connectivity index (χ2v) is 0. The van der Waals surface area contributed by atoms with Crippen molar-refractivity contribution in [3.05, 3.63) is 27.9 Å². The third-order valence-electron chi connectivity index (χ3n) is 0. The molecule has 2 N–H and O–H groups in total. The quantitative estimate of drug-likeness (QED) is 0.396. The van der Waals surface area contributed by atoms with Crippen LogP contribution in [0.25, 0.3) is 6.15 Å². The average Bonchev–Trinajstić information content (AvgIpc) is 1.00. The first-order valence-electron chi connectivity index (χ1n) is 0.707. The topological polar surface area (TPSA) is 33.5 Å². The van der Waals surface area contributed by atoms with Gasteiger partial charge in [0.15, 0.2) is 0 Å². The number of hydrogen-bond donors (Lipinski definition) is 0. The fourth-order valence-electron chi connectivity index (χ4n) is 0. The molecule has 0 rings (SSSR count). The van der Waals surface area contributed by atoms with E-state index >= 15 is 0 Å². The van der Waals surface area contributed by atoms with Crippen LogP contribution < -0.4 is 0 Å². The Morgan fingerprint density at radius 1 is 1.00 bits per heavy atom. The van der Waals surface area contributed by atoms with Crippen molar-refractivity contribution in [3.63, 3.8) is 0 Å². The van der Waals surface area contributed by atoms with E-state index in [9.17, 15) is 0 Å². The minimum absolute atomic E-state index is 0. The van der Waals surface area contributed by atoms with E-state index in [1.807, 2.05) is 0 Å². The Balaban J connectivity index is -0.000000000500. The van der Waals surface area contributed by atoms with Crippen molar-refractivity contribution in [1.82, 2.24) is 0 Å². The first-order valence-corrected chi connectivity index (χ1v) is 0.707. The van der Waals surface area contributed by atoms with Gasteiger partial charge in [-0.2, -0.15) is 6.92 Å². The van der Waals surface area contributed by atoms with Gasteiger partial charge in [-0.25, -0.2) is 0 Å². The van der Waals surface area contributed by atoms with Gasteiger partial charge in [-0.1, -0.05) is 0 Å². The molecular weight excluding hydrogens is 158 g/mol. The van der Waals surface area contributed by atoms with Gasteiger partial charge in [-0.15, -0.1) is 0 Å². The Kier molecular flexibility index (Phi) is 1790. The van der Waals surface area contributed by atoms with Crippen molar-refractivity contribution in [2.24, 2.45) is 0 Å². The molecule has 0 aliphatic rings. The molecule has 0 aromatic rings. The molecule has 0 radical (unpaired) electrons. The van der Waals surface area contributed by atoms with Crippen LogP contribution in [0.1, 0.15) is 6.92 Å². The van der Waals surface area contributed by atoms with Gasteiger partial charge in [0, 0.05) is 21.7 Å². The molecule has 0 unspecified atom stereocenters. The van der Waals surface area contributed by atoms with Crippen molar-refractivity contribution in [2.75, 3.05) is 0 Å². The van der Waals surface area contributed by atoms with E-state index in [4.69, 9.17) is 0 Å². The van der Waals surface area contributed by atoms with Crippen molar-refractivity contribution in [3.8, 4) is 0 Å². The van der Waals surface area contributed by atoms with E-state index in [1.165, 1.54) is 0 Å². The average molecular weight is 171 g/mol. The minimum atomic E-state index is 0. The van der Waals surface area contributed by atoms with Gasteiger partial charge in [0.1, 0.15) is 0 Å². The summed E-state index contributed by atoms with van der Waals surface area (Å²) < 4.78 is 0. The van der Waals surface area contributed by atoms with E-state index < -0.39 is 0 Å². The summed E-state index contributed by atoms with van der Waals surface area (Å²) in [7, 11) is 0. The molecule has 0 aromatic carbocycles.